The molecule has 1 heterocycles. The Balaban J connectivity index is 2.07. The summed E-state index contributed by atoms with van der Waals surface area (Å²) < 4.78 is 10.9. The lowest BCUT2D eigenvalue weighted by Gasteiger charge is -2.34. The molecule has 1 aromatic carbocycles. The van der Waals surface area contributed by atoms with Gasteiger partial charge in [-0.25, -0.2) is 0 Å². The number of methoxy groups -OCH3 is 1. The molecule has 0 saturated carbocycles. The molecule has 1 atom stereocenters. The number of hydrogen-bond acceptors (Lipinski definition) is 5. The van der Waals surface area contributed by atoms with Crippen molar-refractivity contribution < 1.29 is 9.47 Å². The number of nitrogens with one attached hydrogen (secondary N) is 2. The van der Waals surface area contributed by atoms with E-state index in [1.54, 1.807) is 7.11 Å². The van der Waals surface area contributed by atoms with Crippen molar-refractivity contribution in [1.82, 2.24) is 20.4 Å². The summed E-state index contributed by atoms with van der Waals surface area (Å²) in [6.07, 6.45) is 0. The molecule has 2 N–H and O–H groups in total. The van der Waals surface area contributed by atoms with E-state index in [9.17, 15) is 0 Å². The maximum absolute atomic E-state index is 5.55. The molecule has 0 spiro atoms. The maximum Gasteiger partial charge on any atom is 0.191 e. The number of ether oxygens (including phenoxy) is 2. The van der Waals surface area contributed by atoms with Gasteiger partial charge in [0.2, 0.25) is 0 Å². The Bertz CT molecular complexity index is 600. The average molecular weight is 406 g/mol. The van der Waals surface area contributed by atoms with Gasteiger partial charge in [0.25, 0.3) is 0 Å². The first kappa shape index (κ1) is 23.4. The molecule has 0 bridgehead atoms. The zero-order chi connectivity index (χ0) is 21.1. The molecule has 1 unspecified atom stereocenters. The van der Waals surface area contributed by atoms with E-state index in [0.717, 1.165) is 57.6 Å². The van der Waals surface area contributed by atoms with Crippen LogP contribution in [0.4, 0.5) is 0 Å². The van der Waals surface area contributed by atoms with Crippen molar-refractivity contribution in [3.63, 3.8) is 0 Å². The highest BCUT2D eigenvalue weighted by molar-refractivity contribution is 5.79. The molecule has 1 fully saturated rings. The highest BCUT2D eigenvalue weighted by Crippen LogP contribution is 2.24. The zero-order valence-corrected chi connectivity index (χ0v) is 18.8. The third kappa shape index (κ3) is 7.84. The molecule has 0 radical (unpaired) electrons. The van der Waals surface area contributed by atoms with Gasteiger partial charge in [-0.05, 0) is 45.5 Å². The Morgan fingerprint density at radius 3 is 2.48 bits per heavy atom. The van der Waals surface area contributed by atoms with Crippen molar-refractivity contribution >= 4 is 5.96 Å². The summed E-state index contributed by atoms with van der Waals surface area (Å²) in [5, 5.41) is 6.84. The number of nitrogens with zero attached hydrogens (tertiary/aromatic N) is 3. The van der Waals surface area contributed by atoms with Crippen molar-refractivity contribution in [2.24, 2.45) is 4.99 Å². The smallest absolute Gasteiger partial charge is 0.191 e. The predicted octanol–water partition coefficient (Wildman–Crippen LogP) is 1.96. The highest BCUT2D eigenvalue weighted by Gasteiger charge is 2.22. The van der Waals surface area contributed by atoms with Crippen molar-refractivity contribution in [1.29, 1.82) is 0 Å². The summed E-state index contributed by atoms with van der Waals surface area (Å²) in [5.74, 6) is 1.75. The Labute approximate surface area is 176 Å². The fraction of sp³-hybridized carbons (Fsp3) is 0.682. The number of aliphatic imine (C=N–C) groups is 1. The van der Waals surface area contributed by atoms with E-state index in [-0.39, 0.29) is 6.04 Å². The van der Waals surface area contributed by atoms with Crippen LogP contribution in [-0.4, -0.2) is 88.4 Å². The first-order valence-electron chi connectivity index (χ1n) is 10.7. The fourth-order valence-corrected chi connectivity index (χ4v) is 3.28. The third-order valence-electron chi connectivity index (χ3n) is 5.39. The van der Waals surface area contributed by atoms with E-state index in [4.69, 9.17) is 14.5 Å². The second kappa shape index (κ2) is 12.7. The molecule has 1 aromatic rings. The van der Waals surface area contributed by atoms with E-state index in [1.165, 1.54) is 5.56 Å². The summed E-state index contributed by atoms with van der Waals surface area (Å²) in [7, 11) is 3.85. The Morgan fingerprint density at radius 1 is 1.21 bits per heavy atom. The molecular formula is C22H39N5O2. The summed E-state index contributed by atoms with van der Waals surface area (Å²) >= 11 is 0. The first-order chi connectivity index (χ1) is 14.0. The summed E-state index contributed by atoms with van der Waals surface area (Å²) in [4.78, 5) is 9.70. The van der Waals surface area contributed by atoms with E-state index >= 15 is 0 Å². The SMILES string of the molecule is CCNC(=NCC(c1ccc(OC)cc1)N1CCOCC1)NCCN(C)C(C)C. The second-order valence-electron chi connectivity index (χ2n) is 7.66. The van der Waals surface area contributed by atoms with Crippen LogP contribution in [0.15, 0.2) is 29.3 Å². The van der Waals surface area contributed by atoms with Crippen molar-refractivity contribution in [3.8, 4) is 5.75 Å². The summed E-state index contributed by atoms with van der Waals surface area (Å²) in [6.45, 7) is 13.3. The highest BCUT2D eigenvalue weighted by atomic mass is 16.5. The number of likely N-dealkylation sites (N-methyl/N-ethyl adjacent to an activating group) is 1. The molecule has 0 aromatic heterocycles. The second-order valence-corrected chi connectivity index (χ2v) is 7.66. The number of benzene rings is 1. The number of rotatable bonds is 10. The molecule has 7 nitrogen and oxygen atoms in total. The van der Waals surface area contributed by atoms with Crippen molar-refractivity contribution in [2.75, 3.05) is 66.6 Å². The lowest BCUT2D eigenvalue weighted by molar-refractivity contribution is 0.0179. The minimum Gasteiger partial charge on any atom is -0.497 e. The quantitative estimate of drug-likeness (QED) is 0.458. The van der Waals surface area contributed by atoms with Gasteiger partial charge in [0.05, 0.1) is 32.9 Å². The van der Waals surface area contributed by atoms with Gasteiger partial charge in [0.1, 0.15) is 5.75 Å². The average Bonchev–Trinajstić information content (AvgIpc) is 2.74. The standard InChI is InChI=1S/C22H39N5O2/c1-6-23-22(24-11-12-26(4)18(2)3)25-17-21(27-13-15-29-16-14-27)19-7-9-20(28-5)10-8-19/h7-10,18,21H,6,11-17H2,1-5H3,(H2,23,24,25). The van der Waals surface area contributed by atoms with Gasteiger partial charge in [-0.2, -0.15) is 0 Å². The molecule has 1 aliphatic heterocycles. The van der Waals surface area contributed by atoms with Gasteiger partial charge in [-0.1, -0.05) is 12.1 Å². The van der Waals surface area contributed by atoms with Crippen molar-refractivity contribution in [3.05, 3.63) is 29.8 Å². The maximum atomic E-state index is 5.55. The monoisotopic (exact) mass is 405 g/mol. The number of morpholine rings is 1. The van der Waals surface area contributed by atoms with Crippen LogP contribution in [-0.2, 0) is 4.74 Å². The van der Waals surface area contributed by atoms with E-state index in [0.29, 0.717) is 12.6 Å². The van der Waals surface area contributed by atoms with Crippen LogP contribution in [0.2, 0.25) is 0 Å². The molecule has 1 saturated heterocycles. The van der Waals surface area contributed by atoms with Gasteiger partial charge in [-0.3, -0.25) is 9.89 Å². The van der Waals surface area contributed by atoms with Gasteiger partial charge < -0.3 is 25.0 Å². The van der Waals surface area contributed by atoms with Crippen molar-refractivity contribution in [2.45, 2.75) is 32.9 Å². The minimum absolute atomic E-state index is 0.221. The van der Waals surface area contributed by atoms with E-state index in [1.807, 2.05) is 12.1 Å². The zero-order valence-electron chi connectivity index (χ0n) is 18.8. The number of hydrogen-bond donors (Lipinski definition) is 2. The third-order valence-corrected chi connectivity index (χ3v) is 5.39. The van der Waals surface area contributed by atoms with Crippen LogP contribution in [0.3, 0.4) is 0 Å². The van der Waals surface area contributed by atoms with Crippen LogP contribution in [0, 0.1) is 0 Å². The summed E-state index contributed by atoms with van der Waals surface area (Å²) in [5.41, 5.74) is 1.26. The van der Waals surface area contributed by atoms with Gasteiger partial charge in [0.15, 0.2) is 5.96 Å². The summed E-state index contributed by atoms with van der Waals surface area (Å²) in [6, 6.07) is 9.10. The molecule has 1 aliphatic rings. The van der Waals surface area contributed by atoms with Gasteiger partial charge in [-0.15, -0.1) is 0 Å². The predicted molar refractivity (Wildman–Crippen MR) is 120 cm³/mol. The van der Waals surface area contributed by atoms with Gasteiger partial charge >= 0.3 is 0 Å². The topological polar surface area (TPSA) is 61.4 Å². The molecule has 164 valence electrons. The Hall–Kier alpha value is -1.83. The van der Waals surface area contributed by atoms with Crippen LogP contribution < -0.4 is 15.4 Å². The molecular weight excluding hydrogens is 366 g/mol. The first-order valence-corrected chi connectivity index (χ1v) is 10.7. The lowest BCUT2D eigenvalue weighted by Crippen LogP contribution is -2.43. The van der Waals surface area contributed by atoms with E-state index in [2.05, 4.69) is 60.4 Å². The fourth-order valence-electron chi connectivity index (χ4n) is 3.28. The Kier molecular flexibility index (Phi) is 10.2. The molecule has 0 amide bonds. The molecule has 0 aliphatic carbocycles. The van der Waals surface area contributed by atoms with Crippen LogP contribution in [0.25, 0.3) is 0 Å². The van der Waals surface area contributed by atoms with Crippen LogP contribution in [0.5, 0.6) is 5.75 Å². The van der Waals surface area contributed by atoms with Crippen LogP contribution in [0.1, 0.15) is 32.4 Å². The van der Waals surface area contributed by atoms with Gasteiger partial charge in [0, 0.05) is 38.8 Å². The largest absolute Gasteiger partial charge is 0.497 e. The molecule has 7 heteroatoms. The van der Waals surface area contributed by atoms with E-state index < -0.39 is 0 Å². The normalized spacial score (nSPS) is 16.9. The minimum atomic E-state index is 0.221. The lowest BCUT2D eigenvalue weighted by atomic mass is 10.0. The van der Waals surface area contributed by atoms with Crippen LogP contribution >= 0.6 is 0 Å². The number of guanidine groups is 1. The molecule has 29 heavy (non-hydrogen) atoms. The molecule has 2 rings (SSSR count). The Morgan fingerprint density at radius 2 is 1.90 bits per heavy atom.